The van der Waals surface area contributed by atoms with Crippen LogP contribution in [0.4, 0.5) is 11.4 Å². The number of nitrogens with one attached hydrogen (secondary N) is 4. The summed E-state index contributed by atoms with van der Waals surface area (Å²) in [5, 5.41) is 25.1. The number of halogens is 4. The second kappa shape index (κ2) is 21.9. The zero-order valence-electron chi connectivity index (χ0n) is 43.5. The molecule has 416 valence electrons. The number of H-pyrrole nitrogens is 2. The van der Waals surface area contributed by atoms with Crippen LogP contribution in [-0.2, 0) is 76.0 Å². The first-order valence-corrected chi connectivity index (χ1v) is 30.0. The van der Waals surface area contributed by atoms with Gasteiger partial charge in [-0.05, 0) is 120 Å². The predicted molar refractivity (Wildman–Crippen MR) is 307 cm³/mol. The number of aliphatic carboxylic acids is 2. The molecule has 0 radical (unpaired) electrons. The van der Waals surface area contributed by atoms with E-state index in [1.807, 2.05) is 27.7 Å². The lowest BCUT2D eigenvalue weighted by atomic mass is 9.75. The SMILES string of the molecule is CC1(C)CC(=O)c2c([nH]c(/C=C3\C(=O)Nc4ccc(S(=O)(=O)Cc5c(Cl)cccc5Cl)cc43)c2CCC(=O)O)C1.CC1(C)CC(=O)c2c([nH]c(C=C3C(=O)Nc4ccc(S(=O)(=O)Cc5c(Cl)cccc5Cl)cc43)c2CCC(=O)O)C1. The van der Waals surface area contributed by atoms with Gasteiger partial charge in [-0.15, -0.1) is 0 Å². The fourth-order valence-electron chi connectivity index (χ4n) is 10.7. The van der Waals surface area contributed by atoms with Crippen LogP contribution in [0.1, 0.15) is 130 Å². The Bertz CT molecular complexity index is 3690. The number of benzene rings is 4. The minimum atomic E-state index is -3.90. The number of carboxylic acid groups (broad SMARTS) is 2. The number of carboxylic acids is 2. The van der Waals surface area contributed by atoms with Gasteiger partial charge in [0.2, 0.25) is 0 Å². The zero-order valence-corrected chi connectivity index (χ0v) is 48.1. The van der Waals surface area contributed by atoms with Crippen molar-refractivity contribution in [2.24, 2.45) is 10.8 Å². The maximum absolute atomic E-state index is 13.3. The Labute approximate surface area is 480 Å². The van der Waals surface area contributed by atoms with E-state index in [1.54, 1.807) is 48.6 Å². The molecule has 2 aliphatic carbocycles. The highest BCUT2D eigenvalue weighted by Gasteiger charge is 2.38. The lowest BCUT2D eigenvalue weighted by molar-refractivity contribution is -0.138. The van der Waals surface area contributed by atoms with Crippen LogP contribution in [0.3, 0.4) is 0 Å². The molecule has 4 heterocycles. The number of fused-ring (bicyclic) bond motifs is 4. The largest absolute Gasteiger partial charge is 0.481 e. The fourth-order valence-corrected chi connectivity index (χ4v) is 15.0. The number of sulfone groups is 2. The topological polar surface area (TPSA) is 267 Å². The van der Waals surface area contributed by atoms with Gasteiger partial charge in [0.1, 0.15) is 0 Å². The van der Waals surface area contributed by atoms with Crippen molar-refractivity contribution in [3.63, 3.8) is 0 Å². The number of anilines is 2. The molecule has 80 heavy (non-hydrogen) atoms. The van der Waals surface area contributed by atoms with E-state index in [9.17, 15) is 55.8 Å². The average molecular weight is 1200 g/mol. The third kappa shape index (κ3) is 12.0. The van der Waals surface area contributed by atoms with Crippen molar-refractivity contribution in [1.82, 2.24) is 9.97 Å². The van der Waals surface area contributed by atoms with Gasteiger partial charge < -0.3 is 30.8 Å². The summed E-state index contributed by atoms with van der Waals surface area (Å²) >= 11 is 24.8. The van der Waals surface area contributed by atoms with Gasteiger partial charge in [0, 0.05) is 113 Å². The Morgan fingerprint density at radius 1 is 0.537 bits per heavy atom. The standard InChI is InChI=1S/2C29H26Cl2N2O6S/c2*1-29(2)12-24-27(25(34)13-29)16(7-9-26(35)36)23(32-24)11-18-17-10-15(6-8-22(17)33-28(18)37)40(38,39)14-19-20(30)4-3-5-21(19)31/h2*3-6,8,10-11,32H,7,9,12-14H2,1-2H3,(H,33,37)(H,35,36)/b18-11-;. The van der Waals surface area contributed by atoms with Gasteiger partial charge in [-0.1, -0.05) is 86.2 Å². The lowest BCUT2D eigenvalue weighted by Crippen LogP contribution is -2.27. The first-order valence-electron chi connectivity index (χ1n) is 25.1. The van der Waals surface area contributed by atoms with Gasteiger partial charge in [-0.2, -0.15) is 0 Å². The minimum Gasteiger partial charge on any atom is -0.481 e. The molecule has 0 saturated heterocycles. The molecule has 2 amide bonds. The van der Waals surface area contributed by atoms with Crippen molar-refractivity contribution in [3.8, 4) is 0 Å². The van der Waals surface area contributed by atoms with Crippen LogP contribution < -0.4 is 10.6 Å². The Balaban J connectivity index is 0.000000194. The van der Waals surface area contributed by atoms with Crippen LogP contribution in [0.15, 0.2) is 82.6 Å². The molecule has 4 aromatic carbocycles. The molecule has 6 N–H and O–H groups in total. The summed E-state index contributed by atoms with van der Waals surface area (Å²) in [6.07, 6.45) is 4.81. The molecule has 22 heteroatoms. The number of aromatic amines is 2. The molecular weight excluding hydrogens is 1150 g/mol. The van der Waals surface area contributed by atoms with E-state index >= 15 is 0 Å². The maximum Gasteiger partial charge on any atom is 0.303 e. The second-order valence-corrected chi connectivity index (χ2v) is 27.4. The van der Waals surface area contributed by atoms with Crippen molar-refractivity contribution in [2.45, 2.75) is 100 Å². The second-order valence-electron chi connectivity index (χ2n) is 21.8. The van der Waals surface area contributed by atoms with Crippen molar-refractivity contribution in [2.75, 3.05) is 10.6 Å². The van der Waals surface area contributed by atoms with Crippen LogP contribution in [0.2, 0.25) is 20.1 Å². The number of carbonyl (C=O) groups is 6. The molecule has 2 aromatic heterocycles. The Morgan fingerprint density at radius 3 is 1.23 bits per heavy atom. The van der Waals surface area contributed by atoms with Gasteiger partial charge in [0.05, 0.1) is 32.4 Å². The normalized spacial score (nSPS) is 17.1. The average Bonchev–Trinajstić information content (AvgIpc) is 4.14. The number of hydrogen-bond donors (Lipinski definition) is 6. The fraction of sp³-hybridized carbons (Fsp3) is 0.276. The van der Waals surface area contributed by atoms with Crippen LogP contribution in [0, 0.1) is 10.8 Å². The molecule has 16 nitrogen and oxygen atoms in total. The van der Waals surface area contributed by atoms with Gasteiger partial charge in [0.15, 0.2) is 31.2 Å². The van der Waals surface area contributed by atoms with Crippen molar-refractivity contribution < 1.29 is 55.8 Å². The van der Waals surface area contributed by atoms with Crippen LogP contribution in [0.25, 0.3) is 23.3 Å². The summed E-state index contributed by atoms with van der Waals surface area (Å²) in [5.41, 5.74) is 6.45. The molecule has 0 spiro atoms. The number of ketones is 2. The third-order valence-electron chi connectivity index (χ3n) is 14.4. The summed E-state index contributed by atoms with van der Waals surface area (Å²) in [6, 6.07) is 18.2. The molecule has 10 rings (SSSR count). The Hall–Kier alpha value is -6.80. The highest BCUT2D eigenvalue weighted by atomic mass is 35.5. The van der Waals surface area contributed by atoms with Crippen LogP contribution in [-0.4, -0.2) is 72.3 Å². The maximum atomic E-state index is 13.3. The minimum absolute atomic E-state index is 0.0153. The summed E-state index contributed by atoms with van der Waals surface area (Å²) < 4.78 is 53.4. The van der Waals surface area contributed by atoms with E-state index in [1.165, 1.54) is 36.4 Å². The number of hydrogen-bond acceptors (Lipinski definition) is 10. The molecule has 6 aromatic rings. The first kappa shape index (κ1) is 57.9. The third-order valence-corrected chi connectivity index (χ3v) is 19.1. The number of carbonyl (C=O) groups excluding carboxylic acids is 4. The molecular formula is C58H52Cl4N4O12S2. The first-order chi connectivity index (χ1) is 37.5. The van der Waals surface area contributed by atoms with Crippen LogP contribution >= 0.6 is 46.4 Å². The summed E-state index contributed by atoms with van der Waals surface area (Å²) in [4.78, 5) is 81.5. The van der Waals surface area contributed by atoms with E-state index in [-0.39, 0.29) is 100 Å². The highest BCUT2D eigenvalue weighted by molar-refractivity contribution is 7.91. The highest BCUT2D eigenvalue weighted by Crippen LogP contribution is 2.43. The van der Waals surface area contributed by atoms with Gasteiger partial charge in [-0.3, -0.25) is 28.8 Å². The lowest BCUT2D eigenvalue weighted by Gasteiger charge is -2.28. The number of rotatable bonds is 14. The van der Waals surface area contributed by atoms with Crippen molar-refractivity contribution >= 4 is 136 Å². The summed E-state index contributed by atoms with van der Waals surface area (Å²) in [5.74, 6) is -3.89. The number of amides is 2. The Kier molecular flexibility index (Phi) is 15.9. The number of Topliss-reactive ketones (excluding diaryl/α,β-unsaturated/α-hetero) is 2. The van der Waals surface area contributed by atoms with Crippen molar-refractivity contribution in [3.05, 3.63) is 160 Å². The molecule has 0 saturated carbocycles. The monoisotopic (exact) mass is 1200 g/mol. The smallest absolute Gasteiger partial charge is 0.303 e. The van der Waals surface area contributed by atoms with Gasteiger partial charge >= 0.3 is 11.9 Å². The molecule has 4 aliphatic rings. The van der Waals surface area contributed by atoms with E-state index < -0.39 is 54.9 Å². The van der Waals surface area contributed by atoms with E-state index in [4.69, 9.17) is 46.4 Å². The molecule has 2 aliphatic heterocycles. The number of aromatic nitrogens is 2. The quantitative estimate of drug-likeness (QED) is 0.0556. The van der Waals surface area contributed by atoms with E-state index in [2.05, 4.69) is 20.6 Å². The molecule has 0 atom stereocenters. The Morgan fingerprint density at radius 2 is 0.887 bits per heavy atom. The van der Waals surface area contributed by atoms with E-state index in [0.29, 0.717) is 93.2 Å². The summed E-state index contributed by atoms with van der Waals surface area (Å²) in [6.45, 7) is 7.95. The molecule has 0 fully saturated rings. The molecule has 0 bridgehead atoms. The zero-order chi connectivity index (χ0) is 58.0. The van der Waals surface area contributed by atoms with E-state index in [0.717, 1.165) is 0 Å². The van der Waals surface area contributed by atoms with Crippen LogP contribution in [0.5, 0.6) is 0 Å². The van der Waals surface area contributed by atoms with Gasteiger partial charge in [0.25, 0.3) is 11.8 Å². The van der Waals surface area contributed by atoms with Crippen molar-refractivity contribution in [1.29, 1.82) is 0 Å². The van der Waals surface area contributed by atoms with Gasteiger partial charge in [-0.25, -0.2) is 16.8 Å². The summed E-state index contributed by atoms with van der Waals surface area (Å²) in [7, 11) is -7.79. The predicted octanol–water partition coefficient (Wildman–Crippen LogP) is 11.9. The molecule has 0 unspecified atom stereocenters.